The van der Waals surface area contributed by atoms with E-state index in [2.05, 4.69) is 10.9 Å². The minimum atomic E-state index is -1.27. The molecule has 150 valence electrons. The molecule has 5 heteroatoms. The number of nitriles is 1. The molecular weight excluding hydrogens is 388 g/mol. The highest BCUT2D eigenvalue weighted by Crippen LogP contribution is 2.32. The lowest BCUT2D eigenvalue weighted by Crippen LogP contribution is -2.08. The third kappa shape index (κ3) is 5.06. The average Bonchev–Trinajstić information content (AvgIpc) is 2.83. The Bertz CT molecular complexity index is 1240. The number of fused-ring (bicyclic) bond motifs is 1. The molecule has 0 saturated heterocycles. The van der Waals surface area contributed by atoms with Crippen LogP contribution in [0.1, 0.15) is 27.2 Å². The van der Waals surface area contributed by atoms with Crippen molar-refractivity contribution in [2.45, 2.75) is 6.61 Å². The Hall–Kier alpha value is -4.61. The molecule has 0 saturated carbocycles. The van der Waals surface area contributed by atoms with Crippen LogP contribution in [-0.4, -0.2) is 16.1 Å². The molecule has 0 amide bonds. The van der Waals surface area contributed by atoms with Gasteiger partial charge in [-0.05, 0) is 17.7 Å². The van der Waals surface area contributed by atoms with E-state index in [9.17, 15) is 15.2 Å². The maximum absolute atomic E-state index is 11.6. The summed E-state index contributed by atoms with van der Waals surface area (Å²) in [6.07, 6.45) is 5.52. The fourth-order valence-corrected chi connectivity index (χ4v) is 2.90. The Labute approximate surface area is 180 Å². The van der Waals surface area contributed by atoms with Crippen molar-refractivity contribution in [3.05, 3.63) is 107 Å². The maximum Gasteiger partial charge on any atom is 0.355 e. The number of hydrogen-bond donors (Lipinski definition) is 1. The van der Waals surface area contributed by atoms with Crippen molar-refractivity contribution in [2.24, 2.45) is 0 Å². The van der Waals surface area contributed by atoms with Gasteiger partial charge in [0.05, 0.1) is 11.1 Å². The van der Waals surface area contributed by atoms with Crippen molar-refractivity contribution < 1.29 is 14.6 Å². The molecule has 0 bridgehead atoms. The normalized spacial score (nSPS) is 9.61. The number of hydrogen-bond acceptors (Lipinski definition) is 4. The SMILES string of the molecule is C#Cc1c(C(=O)O)nc2c(C#N)cccc2c1OCc1ccccc1.c1ccccc1. The number of carboxylic acid groups (broad SMARTS) is 1. The zero-order valence-electron chi connectivity index (χ0n) is 16.5. The van der Waals surface area contributed by atoms with Crippen LogP contribution in [0.4, 0.5) is 0 Å². The highest BCUT2D eigenvalue weighted by atomic mass is 16.5. The van der Waals surface area contributed by atoms with E-state index in [1.54, 1.807) is 18.2 Å². The van der Waals surface area contributed by atoms with Crippen LogP contribution in [0.5, 0.6) is 5.75 Å². The number of ether oxygens (including phenoxy) is 1. The van der Waals surface area contributed by atoms with Gasteiger partial charge in [0.1, 0.15) is 24.0 Å². The Balaban J connectivity index is 0.000000391. The molecule has 4 rings (SSSR count). The third-order valence-electron chi connectivity index (χ3n) is 4.33. The second-order valence-corrected chi connectivity index (χ2v) is 6.36. The lowest BCUT2D eigenvalue weighted by Gasteiger charge is -2.14. The number of carboxylic acids is 1. The monoisotopic (exact) mass is 406 g/mol. The Morgan fingerprint density at radius 2 is 1.58 bits per heavy atom. The van der Waals surface area contributed by atoms with E-state index in [1.165, 1.54) is 0 Å². The summed E-state index contributed by atoms with van der Waals surface area (Å²) in [5.41, 5.74) is 1.17. The molecular formula is C26H18N2O3. The summed E-state index contributed by atoms with van der Waals surface area (Å²) < 4.78 is 5.86. The van der Waals surface area contributed by atoms with Gasteiger partial charge >= 0.3 is 5.97 Å². The standard InChI is InChI=1S/C20H12N2O3.C6H6/c1-2-15-18(20(23)24)22-17-14(11-21)9-6-10-16(17)19(15)25-12-13-7-4-3-5-8-13;1-2-4-6-5-3-1/h1,3-10H,12H2,(H,23,24);1-6H. The summed E-state index contributed by atoms with van der Waals surface area (Å²) in [6.45, 7) is 0.213. The van der Waals surface area contributed by atoms with E-state index in [0.29, 0.717) is 5.39 Å². The van der Waals surface area contributed by atoms with Crippen LogP contribution in [0.15, 0.2) is 84.9 Å². The van der Waals surface area contributed by atoms with Crippen molar-refractivity contribution >= 4 is 16.9 Å². The number of rotatable bonds is 4. The van der Waals surface area contributed by atoms with Crippen molar-refractivity contribution in [1.29, 1.82) is 5.26 Å². The van der Waals surface area contributed by atoms with E-state index in [-0.39, 0.29) is 34.7 Å². The summed E-state index contributed by atoms with van der Waals surface area (Å²) in [7, 11) is 0. The molecule has 5 nitrogen and oxygen atoms in total. The second kappa shape index (κ2) is 10.2. The molecule has 0 radical (unpaired) electrons. The van der Waals surface area contributed by atoms with Crippen molar-refractivity contribution in [1.82, 2.24) is 4.98 Å². The highest BCUT2D eigenvalue weighted by Gasteiger charge is 2.21. The minimum Gasteiger partial charge on any atom is -0.487 e. The van der Waals surface area contributed by atoms with Crippen LogP contribution in [0.25, 0.3) is 10.9 Å². The zero-order chi connectivity index (χ0) is 22.1. The average molecular weight is 406 g/mol. The van der Waals surface area contributed by atoms with Gasteiger partial charge in [-0.3, -0.25) is 0 Å². The van der Waals surface area contributed by atoms with E-state index < -0.39 is 5.97 Å². The van der Waals surface area contributed by atoms with Gasteiger partial charge in [-0.2, -0.15) is 5.26 Å². The zero-order valence-corrected chi connectivity index (χ0v) is 16.5. The van der Waals surface area contributed by atoms with Gasteiger partial charge in [-0.15, -0.1) is 6.42 Å². The van der Waals surface area contributed by atoms with Crippen LogP contribution in [0.2, 0.25) is 0 Å². The van der Waals surface area contributed by atoms with E-state index in [0.717, 1.165) is 5.56 Å². The number of carbonyl (C=O) groups is 1. The van der Waals surface area contributed by atoms with Crippen LogP contribution >= 0.6 is 0 Å². The lowest BCUT2D eigenvalue weighted by molar-refractivity contribution is 0.0690. The molecule has 31 heavy (non-hydrogen) atoms. The largest absolute Gasteiger partial charge is 0.487 e. The smallest absolute Gasteiger partial charge is 0.355 e. The van der Waals surface area contributed by atoms with Gasteiger partial charge in [-0.25, -0.2) is 9.78 Å². The van der Waals surface area contributed by atoms with Crippen molar-refractivity contribution in [3.8, 4) is 24.2 Å². The first kappa shape index (κ1) is 21.1. The summed E-state index contributed by atoms with van der Waals surface area (Å²) in [5, 5.41) is 19.2. The minimum absolute atomic E-state index is 0.0611. The number of nitrogens with zero attached hydrogens (tertiary/aromatic N) is 2. The predicted octanol–water partition coefficient (Wildman–Crippen LogP) is 5.05. The van der Waals surface area contributed by atoms with E-state index >= 15 is 0 Å². The topological polar surface area (TPSA) is 83.2 Å². The van der Waals surface area contributed by atoms with Gasteiger partial charge in [-0.1, -0.05) is 78.7 Å². The predicted molar refractivity (Wildman–Crippen MR) is 119 cm³/mol. The van der Waals surface area contributed by atoms with Crippen LogP contribution in [0.3, 0.4) is 0 Å². The maximum atomic E-state index is 11.6. The molecule has 3 aromatic carbocycles. The Morgan fingerprint density at radius 3 is 2.13 bits per heavy atom. The molecule has 0 fully saturated rings. The van der Waals surface area contributed by atoms with Crippen LogP contribution < -0.4 is 4.74 Å². The van der Waals surface area contributed by atoms with Gasteiger partial charge in [0, 0.05) is 5.39 Å². The van der Waals surface area contributed by atoms with Crippen LogP contribution in [0, 0.1) is 23.7 Å². The van der Waals surface area contributed by atoms with E-state index in [4.69, 9.17) is 11.2 Å². The van der Waals surface area contributed by atoms with Gasteiger partial charge in [0.25, 0.3) is 0 Å². The molecule has 0 unspecified atom stereocenters. The summed E-state index contributed by atoms with van der Waals surface area (Å²) in [4.78, 5) is 15.6. The van der Waals surface area contributed by atoms with Gasteiger partial charge in [0.15, 0.2) is 5.69 Å². The molecule has 0 atom stereocenters. The first-order chi connectivity index (χ1) is 15.2. The number of aromatic carboxylic acids is 1. The number of para-hydroxylation sites is 1. The molecule has 0 aliphatic heterocycles. The first-order valence-corrected chi connectivity index (χ1v) is 9.39. The fourth-order valence-electron chi connectivity index (χ4n) is 2.90. The fraction of sp³-hybridized carbons (Fsp3) is 0.0385. The van der Waals surface area contributed by atoms with Gasteiger partial charge < -0.3 is 9.84 Å². The summed E-state index contributed by atoms with van der Waals surface area (Å²) in [5.74, 6) is 1.33. The number of benzene rings is 3. The van der Waals surface area contributed by atoms with Crippen LogP contribution in [-0.2, 0) is 6.61 Å². The summed E-state index contributed by atoms with van der Waals surface area (Å²) >= 11 is 0. The van der Waals surface area contributed by atoms with Crippen molar-refractivity contribution in [2.75, 3.05) is 0 Å². The Morgan fingerprint density at radius 1 is 0.968 bits per heavy atom. The second-order valence-electron chi connectivity index (χ2n) is 6.36. The molecule has 0 spiro atoms. The summed E-state index contributed by atoms with van der Waals surface area (Å²) in [6, 6.07) is 28.4. The molecule has 4 aromatic rings. The molecule has 1 N–H and O–H groups in total. The van der Waals surface area contributed by atoms with E-state index in [1.807, 2.05) is 72.8 Å². The highest BCUT2D eigenvalue weighted by molar-refractivity contribution is 5.98. The van der Waals surface area contributed by atoms with Gasteiger partial charge in [0.2, 0.25) is 0 Å². The molecule has 1 heterocycles. The number of aromatic nitrogens is 1. The first-order valence-electron chi connectivity index (χ1n) is 9.39. The number of terminal acetylenes is 1. The molecule has 0 aliphatic carbocycles. The molecule has 0 aliphatic rings. The third-order valence-corrected chi connectivity index (χ3v) is 4.33. The lowest BCUT2D eigenvalue weighted by atomic mass is 10.0. The Kier molecular flexibility index (Phi) is 6.98. The quantitative estimate of drug-likeness (QED) is 0.480. The number of pyridine rings is 1. The van der Waals surface area contributed by atoms with Crippen molar-refractivity contribution in [3.63, 3.8) is 0 Å². The molecule has 1 aromatic heterocycles.